The van der Waals surface area contributed by atoms with E-state index >= 15 is 0 Å². The number of hydrogen-bond acceptors (Lipinski definition) is 3. The van der Waals surface area contributed by atoms with Crippen LogP contribution in [0.2, 0.25) is 0 Å². The van der Waals surface area contributed by atoms with E-state index in [1.165, 1.54) is 0 Å². The number of hydrogen-bond donors (Lipinski definition) is 2. The lowest BCUT2D eigenvalue weighted by molar-refractivity contribution is -0.143. The topological polar surface area (TPSA) is 69.6 Å². The van der Waals surface area contributed by atoms with Gasteiger partial charge in [-0.25, -0.2) is 0 Å². The summed E-state index contributed by atoms with van der Waals surface area (Å²) < 4.78 is 0. The molecule has 1 fully saturated rings. The summed E-state index contributed by atoms with van der Waals surface area (Å²) in [6.07, 6.45) is 5.96. The fourth-order valence-electron chi connectivity index (χ4n) is 3.20. The highest BCUT2D eigenvalue weighted by atomic mass is 16.4. The van der Waals surface area contributed by atoms with Crippen LogP contribution in [0.15, 0.2) is 0 Å². The second-order valence-corrected chi connectivity index (χ2v) is 6.46. The number of amides is 1. The summed E-state index contributed by atoms with van der Waals surface area (Å²) in [5.41, 5.74) is -0.379. The first-order valence-electron chi connectivity index (χ1n) is 8.07. The standard InChI is InChI=1S/C16H30N2O3/c1-5-12(2)17-15(21)13(3)18(4)16(11-14(19)20)9-7-6-8-10-16/h12-13H,5-11H2,1-4H3,(H,17,21)(H,19,20). The number of likely N-dealkylation sites (N-methyl/N-ethyl adjacent to an activating group) is 1. The summed E-state index contributed by atoms with van der Waals surface area (Å²) in [5.74, 6) is -0.791. The summed E-state index contributed by atoms with van der Waals surface area (Å²) in [4.78, 5) is 25.6. The molecular formula is C16H30N2O3. The Morgan fingerprint density at radius 2 is 1.81 bits per heavy atom. The molecule has 21 heavy (non-hydrogen) atoms. The minimum Gasteiger partial charge on any atom is -0.481 e. The van der Waals surface area contributed by atoms with Crippen molar-refractivity contribution in [1.82, 2.24) is 10.2 Å². The van der Waals surface area contributed by atoms with Gasteiger partial charge in [-0.05, 0) is 40.2 Å². The van der Waals surface area contributed by atoms with Gasteiger partial charge >= 0.3 is 5.97 Å². The Balaban J connectivity index is 2.81. The van der Waals surface area contributed by atoms with E-state index in [-0.39, 0.29) is 30.0 Å². The summed E-state index contributed by atoms with van der Waals surface area (Å²) in [5, 5.41) is 12.2. The first-order valence-corrected chi connectivity index (χ1v) is 8.07. The van der Waals surface area contributed by atoms with Crippen LogP contribution in [-0.4, -0.2) is 46.6 Å². The molecule has 0 heterocycles. The maximum absolute atomic E-state index is 12.3. The van der Waals surface area contributed by atoms with E-state index < -0.39 is 5.97 Å². The molecule has 0 aromatic heterocycles. The third-order valence-electron chi connectivity index (χ3n) is 4.97. The zero-order valence-electron chi connectivity index (χ0n) is 13.8. The van der Waals surface area contributed by atoms with Crippen LogP contribution in [0.4, 0.5) is 0 Å². The Kier molecular flexibility index (Phi) is 6.65. The Morgan fingerprint density at radius 3 is 2.29 bits per heavy atom. The van der Waals surface area contributed by atoms with Crippen molar-refractivity contribution in [2.75, 3.05) is 7.05 Å². The molecule has 0 aromatic carbocycles. The molecule has 1 saturated carbocycles. The second kappa shape index (κ2) is 7.78. The number of nitrogens with one attached hydrogen (secondary N) is 1. The Morgan fingerprint density at radius 1 is 1.24 bits per heavy atom. The summed E-state index contributed by atoms with van der Waals surface area (Å²) >= 11 is 0. The van der Waals surface area contributed by atoms with Crippen LogP contribution in [-0.2, 0) is 9.59 Å². The van der Waals surface area contributed by atoms with Gasteiger partial charge in [0.05, 0.1) is 12.5 Å². The monoisotopic (exact) mass is 298 g/mol. The highest BCUT2D eigenvalue weighted by Gasteiger charge is 2.41. The van der Waals surface area contributed by atoms with Crippen molar-refractivity contribution in [2.24, 2.45) is 0 Å². The molecule has 2 N–H and O–H groups in total. The maximum atomic E-state index is 12.3. The van der Waals surface area contributed by atoms with Gasteiger partial charge in [0.1, 0.15) is 0 Å². The fourth-order valence-corrected chi connectivity index (χ4v) is 3.20. The molecule has 0 bridgehead atoms. The molecule has 5 nitrogen and oxygen atoms in total. The lowest BCUT2D eigenvalue weighted by Gasteiger charge is -2.46. The van der Waals surface area contributed by atoms with Crippen LogP contribution in [0.3, 0.4) is 0 Å². The molecule has 1 aliphatic rings. The molecule has 0 saturated heterocycles. The highest BCUT2D eigenvalue weighted by Crippen LogP contribution is 2.37. The van der Waals surface area contributed by atoms with Crippen molar-refractivity contribution in [3.05, 3.63) is 0 Å². The van der Waals surface area contributed by atoms with Crippen LogP contribution in [0, 0.1) is 0 Å². The molecule has 0 spiro atoms. The maximum Gasteiger partial charge on any atom is 0.305 e. The molecule has 1 aliphatic carbocycles. The highest BCUT2D eigenvalue weighted by molar-refractivity contribution is 5.81. The molecule has 5 heteroatoms. The normalized spacial score (nSPS) is 20.8. The zero-order chi connectivity index (χ0) is 16.0. The zero-order valence-corrected chi connectivity index (χ0v) is 13.8. The van der Waals surface area contributed by atoms with Crippen LogP contribution in [0.1, 0.15) is 65.7 Å². The predicted octanol–water partition coefficient (Wildman–Crippen LogP) is 2.40. The Bertz CT molecular complexity index is 365. The summed E-state index contributed by atoms with van der Waals surface area (Å²) in [7, 11) is 1.90. The summed E-state index contributed by atoms with van der Waals surface area (Å²) in [6.45, 7) is 5.89. The number of carbonyl (C=O) groups excluding carboxylic acids is 1. The van der Waals surface area contributed by atoms with Crippen molar-refractivity contribution in [2.45, 2.75) is 83.3 Å². The lowest BCUT2D eigenvalue weighted by Crippen LogP contribution is -2.57. The quantitative estimate of drug-likeness (QED) is 0.757. The third-order valence-corrected chi connectivity index (χ3v) is 4.97. The minimum atomic E-state index is -0.779. The van der Waals surface area contributed by atoms with Gasteiger partial charge in [0.15, 0.2) is 0 Å². The number of carboxylic acid groups (broad SMARTS) is 1. The van der Waals surface area contributed by atoms with E-state index in [1.807, 2.05) is 32.7 Å². The number of aliphatic carboxylic acids is 1. The molecule has 0 aliphatic heterocycles. The van der Waals surface area contributed by atoms with Gasteiger partial charge in [-0.2, -0.15) is 0 Å². The van der Waals surface area contributed by atoms with E-state index in [2.05, 4.69) is 5.32 Å². The van der Waals surface area contributed by atoms with E-state index in [0.717, 1.165) is 38.5 Å². The minimum absolute atomic E-state index is 0.0119. The SMILES string of the molecule is CCC(C)NC(=O)C(C)N(C)C1(CC(=O)O)CCCCC1. The van der Waals surface area contributed by atoms with Crippen molar-refractivity contribution in [1.29, 1.82) is 0 Å². The average Bonchev–Trinajstić information content (AvgIpc) is 2.45. The van der Waals surface area contributed by atoms with E-state index in [1.54, 1.807) is 0 Å². The van der Waals surface area contributed by atoms with Gasteiger partial charge in [-0.3, -0.25) is 14.5 Å². The van der Waals surface area contributed by atoms with E-state index in [4.69, 9.17) is 0 Å². The summed E-state index contributed by atoms with van der Waals surface area (Å²) in [6, 6.07) is -0.161. The largest absolute Gasteiger partial charge is 0.481 e. The number of carboxylic acids is 1. The molecule has 2 unspecified atom stereocenters. The van der Waals surface area contributed by atoms with Crippen LogP contribution < -0.4 is 5.32 Å². The van der Waals surface area contributed by atoms with E-state index in [9.17, 15) is 14.7 Å². The second-order valence-electron chi connectivity index (χ2n) is 6.46. The van der Waals surface area contributed by atoms with Crippen molar-refractivity contribution in [3.8, 4) is 0 Å². The van der Waals surface area contributed by atoms with Crippen molar-refractivity contribution < 1.29 is 14.7 Å². The van der Waals surface area contributed by atoms with E-state index in [0.29, 0.717) is 0 Å². The number of nitrogens with zero attached hydrogens (tertiary/aromatic N) is 1. The number of rotatable bonds is 7. The Labute approximate surface area is 128 Å². The molecular weight excluding hydrogens is 268 g/mol. The molecule has 2 atom stereocenters. The lowest BCUT2D eigenvalue weighted by atomic mass is 9.77. The first kappa shape index (κ1) is 18.0. The Hall–Kier alpha value is -1.10. The van der Waals surface area contributed by atoms with Crippen LogP contribution in [0.25, 0.3) is 0 Å². The molecule has 0 aromatic rings. The van der Waals surface area contributed by atoms with Gasteiger partial charge in [0.25, 0.3) is 0 Å². The van der Waals surface area contributed by atoms with Gasteiger partial charge in [-0.15, -0.1) is 0 Å². The molecule has 0 radical (unpaired) electrons. The predicted molar refractivity (Wildman–Crippen MR) is 83.2 cm³/mol. The van der Waals surface area contributed by atoms with Crippen LogP contribution in [0.5, 0.6) is 0 Å². The van der Waals surface area contributed by atoms with Gasteiger partial charge in [-0.1, -0.05) is 26.2 Å². The van der Waals surface area contributed by atoms with Gasteiger partial charge in [0.2, 0.25) is 5.91 Å². The molecule has 122 valence electrons. The third kappa shape index (κ3) is 4.70. The first-order chi connectivity index (χ1) is 9.82. The van der Waals surface area contributed by atoms with Crippen molar-refractivity contribution >= 4 is 11.9 Å². The molecule has 1 rings (SSSR count). The molecule has 1 amide bonds. The average molecular weight is 298 g/mol. The van der Waals surface area contributed by atoms with Gasteiger partial charge in [0, 0.05) is 11.6 Å². The number of carbonyl (C=O) groups is 2. The smallest absolute Gasteiger partial charge is 0.305 e. The van der Waals surface area contributed by atoms with Crippen LogP contribution >= 0.6 is 0 Å². The van der Waals surface area contributed by atoms with Gasteiger partial charge < -0.3 is 10.4 Å². The fraction of sp³-hybridized carbons (Fsp3) is 0.875. The van der Waals surface area contributed by atoms with Crippen molar-refractivity contribution in [3.63, 3.8) is 0 Å².